The van der Waals surface area contributed by atoms with Crippen LogP contribution in [0.5, 0.6) is 5.75 Å². The Hall–Kier alpha value is -2.86. The van der Waals surface area contributed by atoms with Crippen molar-refractivity contribution in [2.24, 2.45) is 10.9 Å². The number of methoxy groups -OCH3 is 1. The highest BCUT2D eigenvalue weighted by atomic mass is 35.5. The van der Waals surface area contributed by atoms with Gasteiger partial charge in [-0.3, -0.25) is 4.99 Å². The van der Waals surface area contributed by atoms with E-state index in [-0.39, 0.29) is 28.7 Å². The van der Waals surface area contributed by atoms with Gasteiger partial charge in [0.2, 0.25) is 0 Å². The number of amides is 1. The van der Waals surface area contributed by atoms with Gasteiger partial charge in [0.05, 0.1) is 24.4 Å². The van der Waals surface area contributed by atoms with Gasteiger partial charge in [0.1, 0.15) is 5.60 Å². The van der Waals surface area contributed by atoms with Crippen LogP contribution >= 0.6 is 11.6 Å². The van der Waals surface area contributed by atoms with Gasteiger partial charge in [-0.25, -0.2) is 9.18 Å². The normalized spacial score (nSPS) is 18.4. The molecule has 2 aliphatic rings. The largest absolute Gasteiger partial charge is 0.492 e. The smallest absolute Gasteiger partial charge is 0.410 e. The predicted octanol–water partition coefficient (Wildman–Crippen LogP) is 7.97. The SMILES string of the molecule is COc1c(F)cc(C2=C(c3ccccc3C(C)C)N=C3CCC2CCN(C(=O)OC(C)(C)C)C3)cc1Cl. The predicted molar refractivity (Wildman–Crippen MR) is 148 cm³/mol. The minimum absolute atomic E-state index is 0.0323. The number of fused-ring (bicyclic) bond motifs is 3. The zero-order valence-corrected chi connectivity index (χ0v) is 23.3. The minimum atomic E-state index is -0.585. The van der Waals surface area contributed by atoms with Crippen molar-refractivity contribution in [3.63, 3.8) is 0 Å². The van der Waals surface area contributed by atoms with Crippen molar-refractivity contribution < 1.29 is 18.7 Å². The second-order valence-electron chi connectivity index (χ2n) is 11.1. The maximum Gasteiger partial charge on any atom is 0.410 e. The van der Waals surface area contributed by atoms with Crippen LogP contribution in [0.4, 0.5) is 9.18 Å². The molecule has 0 spiro atoms. The lowest BCUT2D eigenvalue weighted by Gasteiger charge is -2.31. The molecule has 0 aromatic heterocycles. The molecular formula is C30H36ClFN2O3. The summed E-state index contributed by atoms with van der Waals surface area (Å²) in [5, 5.41) is 0.221. The highest BCUT2D eigenvalue weighted by Crippen LogP contribution is 2.44. The van der Waals surface area contributed by atoms with E-state index in [1.807, 2.05) is 32.9 Å². The number of nitrogens with zero attached hydrogens (tertiary/aromatic N) is 2. The van der Waals surface area contributed by atoms with Crippen molar-refractivity contribution in [2.45, 2.75) is 65.4 Å². The van der Waals surface area contributed by atoms with Gasteiger partial charge < -0.3 is 14.4 Å². The maximum atomic E-state index is 15.1. The van der Waals surface area contributed by atoms with Crippen molar-refractivity contribution in [1.82, 2.24) is 4.90 Å². The Kier molecular flexibility index (Phi) is 7.98. The van der Waals surface area contributed by atoms with Crippen molar-refractivity contribution >= 4 is 34.7 Å². The number of halogens is 2. The quantitative estimate of drug-likeness (QED) is 0.406. The Bertz CT molecular complexity index is 1220. The summed E-state index contributed by atoms with van der Waals surface area (Å²) < 4.78 is 26.0. The average Bonchev–Trinajstić information content (AvgIpc) is 2.93. The van der Waals surface area contributed by atoms with E-state index >= 15 is 4.39 Å². The van der Waals surface area contributed by atoms with Gasteiger partial charge in [-0.05, 0) is 80.7 Å². The second-order valence-corrected chi connectivity index (χ2v) is 11.5. The first-order chi connectivity index (χ1) is 17.5. The first kappa shape index (κ1) is 27.2. The van der Waals surface area contributed by atoms with Crippen molar-refractivity contribution in [1.29, 1.82) is 0 Å². The molecule has 2 aromatic carbocycles. The highest BCUT2D eigenvalue weighted by molar-refractivity contribution is 6.32. The summed E-state index contributed by atoms with van der Waals surface area (Å²) in [7, 11) is 1.41. The molecule has 1 fully saturated rings. The van der Waals surface area contributed by atoms with Gasteiger partial charge in [-0.15, -0.1) is 0 Å². The fraction of sp³-hybridized carbons (Fsp3) is 0.467. The summed E-state index contributed by atoms with van der Waals surface area (Å²) >= 11 is 6.47. The van der Waals surface area contributed by atoms with E-state index < -0.39 is 11.4 Å². The summed E-state index contributed by atoms with van der Waals surface area (Å²) in [4.78, 5) is 20.0. The third kappa shape index (κ3) is 6.01. The van der Waals surface area contributed by atoms with E-state index in [2.05, 4.69) is 26.0 Å². The molecule has 198 valence electrons. The van der Waals surface area contributed by atoms with Crippen LogP contribution in [0.3, 0.4) is 0 Å². The Morgan fingerprint density at radius 1 is 1.19 bits per heavy atom. The number of carbonyl (C=O) groups excluding carboxylic acids is 1. The summed E-state index contributed by atoms with van der Waals surface area (Å²) in [5.74, 6) is -0.160. The number of allylic oxidation sites excluding steroid dienone is 1. The second kappa shape index (κ2) is 10.9. The third-order valence-corrected chi connectivity index (χ3v) is 7.12. The standard InChI is InChI=1S/C30H36ClFN2O3/c1-18(2)22-9-7-8-10-23(22)27-26(20-15-24(31)28(36-6)25(32)16-20)19-11-12-21(33-27)17-34(14-13-19)29(35)37-30(3,4)5/h7-10,15-16,18-19H,11-14,17H2,1-6H3. The molecule has 4 rings (SSSR count). The molecule has 1 amide bonds. The van der Waals surface area contributed by atoms with E-state index in [1.54, 1.807) is 11.0 Å². The number of hydrogen-bond acceptors (Lipinski definition) is 4. The van der Waals surface area contributed by atoms with Crippen LogP contribution in [0.25, 0.3) is 11.3 Å². The Morgan fingerprint density at radius 2 is 1.92 bits per heavy atom. The number of hydrogen-bond donors (Lipinski definition) is 0. The molecule has 2 aliphatic heterocycles. The summed E-state index contributed by atoms with van der Waals surface area (Å²) in [6.07, 6.45) is 1.96. The molecule has 0 aliphatic carbocycles. The number of benzene rings is 2. The fourth-order valence-electron chi connectivity index (χ4n) is 5.15. The fourth-order valence-corrected chi connectivity index (χ4v) is 5.44. The molecule has 1 unspecified atom stereocenters. The van der Waals surface area contributed by atoms with Crippen LogP contribution in [0.15, 0.2) is 41.4 Å². The Labute approximate surface area is 224 Å². The van der Waals surface area contributed by atoms with Crippen LogP contribution in [0.1, 0.15) is 76.5 Å². The summed E-state index contributed by atoms with van der Waals surface area (Å²) in [6, 6.07) is 11.5. The number of likely N-dealkylation sites (tertiary alicyclic amines) is 1. The maximum absolute atomic E-state index is 15.1. The lowest BCUT2D eigenvalue weighted by molar-refractivity contribution is 0.0268. The monoisotopic (exact) mass is 526 g/mol. The van der Waals surface area contributed by atoms with Gasteiger partial charge in [0.15, 0.2) is 11.6 Å². The Morgan fingerprint density at radius 3 is 2.57 bits per heavy atom. The molecule has 1 saturated heterocycles. The van der Waals surface area contributed by atoms with Crippen LogP contribution < -0.4 is 4.74 Å². The van der Waals surface area contributed by atoms with Gasteiger partial charge in [0, 0.05) is 17.8 Å². The van der Waals surface area contributed by atoms with Crippen molar-refractivity contribution in [3.8, 4) is 5.75 Å². The zero-order valence-electron chi connectivity index (χ0n) is 22.5. The van der Waals surface area contributed by atoms with E-state index in [1.165, 1.54) is 18.7 Å². The van der Waals surface area contributed by atoms with Crippen LogP contribution in [-0.2, 0) is 4.74 Å². The number of ether oxygens (including phenoxy) is 2. The van der Waals surface area contributed by atoms with Crippen LogP contribution in [0, 0.1) is 11.7 Å². The van der Waals surface area contributed by atoms with Gasteiger partial charge in [-0.2, -0.15) is 0 Å². The van der Waals surface area contributed by atoms with Crippen LogP contribution in [0.2, 0.25) is 5.02 Å². The number of aliphatic imine (C=N–C) groups is 1. The van der Waals surface area contributed by atoms with Crippen molar-refractivity contribution in [2.75, 3.05) is 20.2 Å². The molecule has 2 aromatic rings. The lowest BCUT2D eigenvalue weighted by Crippen LogP contribution is -2.41. The Balaban J connectivity index is 1.91. The molecule has 0 N–H and O–H groups in total. The summed E-state index contributed by atoms with van der Waals surface area (Å²) in [5.41, 5.74) is 5.00. The number of rotatable bonds is 4. The third-order valence-electron chi connectivity index (χ3n) is 6.84. The highest BCUT2D eigenvalue weighted by Gasteiger charge is 2.33. The first-order valence-electron chi connectivity index (χ1n) is 12.9. The van der Waals surface area contributed by atoms with E-state index in [0.29, 0.717) is 25.1 Å². The van der Waals surface area contributed by atoms with E-state index in [4.69, 9.17) is 26.1 Å². The van der Waals surface area contributed by atoms with Gasteiger partial charge >= 0.3 is 6.09 Å². The van der Waals surface area contributed by atoms with E-state index in [9.17, 15) is 4.79 Å². The number of carbonyl (C=O) groups is 1. The molecular weight excluding hydrogens is 491 g/mol. The molecule has 2 bridgehead atoms. The summed E-state index contributed by atoms with van der Waals surface area (Å²) in [6.45, 7) is 10.8. The lowest BCUT2D eigenvalue weighted by atomic mass is 9.82. The van der Waals surface area contributed by atoms with Crippen LogP contribution in [-0.4, -0.2) is 42.5 Å². The zero-order chi connectivity index (χ0) is 26.9. The molecule has 37 heavy (non-hydrogen) atoms. The van der Waals surface area contributed by atoms with Crippen molar-refractivity contribution in [3.05, 3.63) is 63.9 Å². The molecule has 5 nitrogen and oxygen atoms in total. The van der Waals surface area contributed by atoms with Gasteiger partial charge in [0.25, 0.3) is 0 Å². The molecule has 0 saturated carbocycles. The molecule has 7 heteroatoms. The van der Waals surface area contributed by atoms with Gasteiger partial charge in [-0.1, -0.05) is 49.7 Å². The molecule has 2 heterocycles. The topological polar surface area (TPSA) is 51.1 Å². The molecule has 0 radical (unpaired) electrons. The first-order valence-corrected chi connectivity index (χ1v) is 13.3. The van der Waals surface area contributed by atoms with E-state index in [0.717, 1.165) is 35.4 Å². The average molecular weight is 527 g/mol. The minimum Gasteiger partial charge on any atom is -0.492 e. The molecule has 1 atom stereocenters.